The molecule has 1 aliphatic heterocycles. The summed E-state index contributed by atoms with van der Waals surface area (Å²) in [4.78, 5) is 15.4. The molecular formula is C9H13N3O4. The first-order valence-corrected chi connectivity index (χ1v) is 5.06. The average Bonchev–Trinajstić information content (AvgIpc) is 2.89. The van der Waals surface area contributed by atoms with Gasteiger partial charge >= 0.3 is 0 Å². The molecule has 2 heterocycles. The molecule has 0 radical (unpaired) electrons. The van der Waals surface area contributed by atoms with Gasteiger partial charge < -0.3 is 19.3 Å². The van der Waals surface area contributed by atoms with E-state index < -0.39 is 6.29 Å². The minimum Gasteiger partial charge on any atom is -0.351 e. The van der Waals surface area contributed by atoms with Crippen molar-refractivity contribution < 1.29 is 18.8 Å². The molecule has 0 aromatic carbocycles. The van der Waals surface area contributed by atoms with E-state index in [1.807, 2.05) is 0 Å². The third-order valence-corrected chi connectivity index (χ3v) is 2.04. The number of carbonyl (C=O) groups is 1. The molecule has 1 N–H and O–H groups in total. The average molecular weight is 227 g/mol. The Bertz CT molecular complexity index is 359. The number of ether oxygens (including phenoxy) is 2. The van der Waals surface area contributed by atoms with Gasteiger partial charge in [0.25, 0.3) is 5.91 Å². The summed E-state index contributed by atoms with van der Waals surface area (Å²) in [5.74, 6) is 0.823. The Balaban J connectivity index is 1.69. The Kier molecular flexibility index (Phi) is 3.47. The SMILES string of the molecule is Cc1noc(CCNC(=O)C2OCCO2)n1. The Labute approximate surface area is 92.1 Å². The normalized spacial score (nSPS) is 16.6. The van der Waals surface area contributed by atoms with Crippen LogP contribution in [-0.4, -0.2) is 42.1 Å². The van der Waals surface area contributed by atoms with E-state index >= 15 is 0 Å². The molecule has 7 heteroatoms. The maximum Gasteiger partial charge on any atom is 0.277 e. The number of rotatable bonds is 4. The Hall–Kier alpha value is -1.47. The predicted octanol–water partition coefficient (Wildman–Crippen LogP) is -0.590. The summed E-state index contributed by atoms with van der Waals surface area (Å²) in [5.41, 5.74) is 0. The van der Waals surface area contributed by atoms with Crippen molar-refractivity contribution in [2.75, 3.05) is 19.8 Å². The monoisotopic (exact) mass is 227 g/mol. The van der Waals surface area contributed by atoms with E-state index in [-0.39, 0.29) is 5.91 Å². The Morgan fingerprint density at radius 2 is 2.25 bits per heavy atom. The van der Waals surface area contributed by atoms with Crippen molar-refractivity contribution in [2.24, 2.45) is 0 Å². The second kappa shape index (κ2) is 5.04. The van der Waals surface area contributed by atoms with Crippen LogP contribution in [0.3, 0.4) is 0 Å². The predicted molar refractivity (Wildman–Crippen MR) is 51.4 cm³/mol. The van der Waals surface area contributed by atoms with Gasteiger partial charge in [0.05, 0.1) is 13.2 Å². The van der Waals surface area contributed by atoms with Crippen LogP contribution in [0.1, 0.15) is 11.7 Å². The van der Waals surface area contributed by atoms with Gasteiger partial charge in [-0.2, -0.15) is 4.98 Å². The van der Waals surface area contributed by atoms with Crippen LogP contribution in [-0.2, 0) is 20.7 Å². The second-order valence-corrected chi connectivity index (χ2v) is 3.35. The van der Waals surface area contributed by atoms with E-state index in [4.69, 9.17) is 14.0 Å². The molecule has 2 rings (SSSR count). The first-order valence-electron chi connectivity index (χ1n) is 5.06. The standard InChI is InChI=1S/C9H13N3O4/c1-6-11-7(16-12-6)2-3-10-8(13)9-14-4-5-15-9/h9H,2-5H2,1H3,(H,10,13). The second-order valence-electron chi connectivity index (χ2n) is 3.35. The number of hydrogen-bond donors (Lipinski definition) is 1. The molecule has 1 saturated heterocycles. The van der Waals surface area contributed by atoms with Crippen molar-refractivity contribution in [3.05, 3.63) is 11.7 Å². The molecule has 0 spiro atoms. The minimum absolute atomic E-state index is 0.270. The smallest absolute Gasteiger partial charge is 0.277 e. The van der Waals surface area contributed by atoms with E-state index in [0.29, 0.717) is 37.9 Å². The third kappa shape index (κ3) is 2.77. The number of amides is 1. The van der Waals surface area contributed by atoms with Gasteiger partial charge in [-0.1, -0.05) is 5.16 Å². The van der Waals surface area contributed by atoms with Gasteiger partial charge in [0, 0.05) is 13.0 Å². The van der Waals surface area contributed by atoms with Gasteiger partial charge in [0.2, 0.25) is 12.2 Å². The van der Waals surface area contributed by atoms with E-state index in [0.717, 1.165) is 0 Å². The fourth-order valence-electron chi connectivity index (χ4n) is 1.33. The zero-order valence-electron chi connectivity index (χ0n) is 8.93. The first kappa shape index (κ1) is 11.0. The van der Waals surface area contributed by atoms with Crippen LogP contribution < -0.4 is 5.32 Å². The van der Waals surface area contributed by atoms with Crippen LogP contribution in [0.2, 0.25) is 0 Å². The lowest BCUT2D eigenvalue weighted by atomic mass is 10.4. The van der Waals surface area contributed by atoms with Gasteiger partial charge in [0.15, 0.2) is 5.82 Å². The van der Waals surface area contributed by atoms with E-state index in [9.17, 15) is 4.79 Å². The highest BCUT2D eigenvalue weighted by atomic mass is 16.7. The van der Waals surface area contributed by atoms with Gasteiger partial charge in [-0.05, 0) is 6.92 Å². The lowest BCUT2D eigenvalue weighted by molar-refractivity contribution is -0.146. The van der Waals surface area contributed by atoms with Crippen molar-refractivity contribution in [1.82, 2.24) is 15.5 Å². The number of hydrogen-bond acceptors (Lipinski definition) is 6. The molecule has 0 bridgehead atoms. The quantitative estimate of drug-likeness (QED) is 0.739. The lowest BCUT2D eigenvalue weighted by Gasteiger charge is -2.08. The molecule has 1 aromatic rings. The summed E-state index contributed by atoms with van der Waals surface area (Å²) < 4.78 is 15.0. The minimum atomic E-state index is -0.774. The molecule has 1 amide bonds. The van der Waals surface area contributed by atoms with Crippen molar-refractivity contribution in [2.45, 2.75) is 19.6 Å². The highest BCUT2D eigenvalue weighted by molar-refractivity contribution is 5.79. The van der Waals surface area contributed by atoms with Crippen molar-refractivity contribution in [3.8, 4) is 0 Å². The van der Waals surface area contributed by atoms with Crippen molar-refractivity contribution in [3.63, 3.8) is 0 Å². The zero-order chi connectivity index (χ0) is 11.4. The van der Waals surface area contributed by atoms with E-state index in [2.05, 4.69) is 15.5 Å². The molecule has 1 fully saturated rings. The number of nitrogens with one attached hydrogen (secondary N) is 1. The van der Waals surface area contributed by atoms with Gasteiger partial charge in [-0.25, -0.2) is 0 Å². The summed E-state index contributed by atoms with van der Waals surface area (Å²) in [6, 6.07) is 0. The van der Waals surface area contributed by atoms with E-state index in [1.165, 1.54) is 0 Å². The molecule has 88 valence electrons. The fourth-order valence-corrected chi connectivity index (χ4v) is 1.33. The fraction of sp³-hybridized carbons (Fsp3) is 0.667. The number of aryl methyl sites for hydroxylation is 1. The number of carbonyl (C=O) groups excluding carboxylic acids is 1. The number of nitrogens with zero attached hydrogens (tertiary/aromatic N) is 2. The molecule has 0 aliphatic carbocycles. The molecule has 0 saturated carbocycles. The van der Waals surface area contributed by atoms with Crippen molar-refractivity contribution >= 4 is 5.91 Å². The first-order chi connectivity index (χ1) is 7.75. The molecule has 0 atom stereocenters. The molecule has 1 aliphatic rings. The topological polar surface area (TPSA) is 86.5 Å². The van der Waals surface area contributed by atoms with Gasteiger partial charge in [-0.15, -0.1) is 0 Å². The highest BCUT2D eigenvalue weighted by Gasteiger charge is 2.23. The molecule has 16 heavy (non-hydrogen) atoms. The summed E-state index contributed by atoms with van der Waals surface area (Å²) >= 11 is 0. The Morgan fingerprint density at radius 3 is 2.88 bits per heavy atom. The van der Waals surface area contributed by atoms with Crippen LogP contribution in [0.4, 0.5) is 0 Å². The van der Waals surface area contributed by atoms with Crippen LogP contribution in [0.5, 0.6) is 0 Å². The summed E-state index contributed by atoms with van der Waals surface area (Å²) in [5, 5.41) is 6.31. The largest absolute Gasteiger partial charge is 0.351 e. The summed E-state index contributed by atoms with van der Waals surface area (Å²) in [6.07, 6.45) is -0.274. The van der Waals surface area contributed by atoms with E-state index in [1.54, 1.807) is 6.92 Å². The van der Waals surface area contributed by atoms with Crippen LogP contribution >= 0.6 is 0 Å². The van der Waals surface area contributed by atoms with Gasteiger partial charge in [-0.3, -0.25) is 4.79 Å². The lowest BCUT2D eigenvalue weighted by Crippen LogP contribution is -2.36. The highest BCUT2D eigenvalue weighted by Crippen LogP contribution is 2.03. The van der Waals surface area contributed by atoms with Crippen molar-refractivity contribution in [1.29, 1.82) is 0 Å². The summed E-state index contributed by atoms with van der Waals surface area (Å²) in [6.45, 7) is 3.08. The van der Waals surface area contributed by atoms with Crippen LogP contribution in [0.25, 0.3) is 0 Å². The molecule has 7 nitrogen and oxygen atoms in total. The maximum absolute atomic E-state index is 11.4. The molecule has 1 aromatic heterocycles. The Morgan fingerprint density at radius 1 is 1.50 bits per heavy atom. The third-order valence-electron chi connectivity index (χ3n) is 2.04. The number of aromatic nitrogens is 2. The van der Waals surface area contributed by atoms with Gasteiger partial charge in [0.1, 0.15) is 0 Å². The molecular weight excluding hydrogens is 214 g/mol. The maximum atomic E-state index is 11.4. The summed E-state index contributed by atoms with van der Waals surface area (Å²) in [7, 11) is 0. The van der Waals surface area contributed by atoms with Crippen LogP contribution in [0, 0.1) is 6.92 Å². The molecule has 0 unspecified atom stereocenters. The van der Waals surface area contributed by atoms with Crippen LogP contribution in [0.15, 0.2) is 4.52 Å². The zero-order valence-corrected chi connectivity index (χ0v) is 8.93.